The van der Waals surface area contributed by atoms with Gasteiger partial charge in [-0.05, 0) is 68.5 Å². The number of hydrogen-bond donors (Lipinski definition) is 1. The molecular formula is C27H38FN3O4S. The van der Waals surface area contributed by atoms with Crippen LogP contribution in [0.15, 0.2) is 48.5 Å². The van der Waals surface area contributed by atoms with E-state index in [-0.39, 0.29) is 49.6 Å². The van der Waals surface area contributed by atoms with Crippen LogP contribution < -0.4 is 9.62 Å². The Morgan fingerprint density at radius 1 is 0.972 bits per heavy atom. The first-order valence-corrected chi connectivity index (χ1v) is 14.2. The first kappa shape index (κ1) is 29.3. The zero-order valence-corrected chi connectivity index (χ0v) is 22.6. The monoisotopic (exact) mass is 519 g/mol. The van der Waals surface area contributed by atoms with Gasteiger partial charge in [0.05, 0.1) is 11.9 Å². The minimum atomic E-state index is -3.55. The van der Waals surface area contributed by atoms with E-state index in [2.05, 4.69) is 5.32 Å². The van der Waals surface area contributed by atoms with Crippen molar-refractivity contribution >= 4 is 27.5 Å². The highest BCUT2D eigenvalue weighted by atomic mass is 32.2. The maximum atomic E-state index is 13.4. The minimum absolute atomic E-state index is 0.0369. The third kappa shape index (κ3) is 8.62. The smallest absolute Gasteiger partial charge is 0.242 e. The lowest BCUT2D eigenvalue weighted by Crippen LogP contribution is -2.49. The summed E-state index contributed by atoms with van der Waals surface area (Å²) >= 11 is 0. The Balaban J connectivity index is 2.16. The normalized spacial score (nSPS) is 13.1. The van der Waals surface area contributed by atoms with Gasteiger partial charge in [-0.3, -0.25) is 13.9 Å². The van der Waals surface area contributed by atoms with Crippen LogP contribution in [0.2, 0.25) is 0 Å². The molecule has 2 aromatic rings. The molecule has 0 bridgehead atoms. The van der Waals surface area contributed by atoms with Crippen molar-refractivity contribution in [3.8, 4) is 0 Å². The average Bonchev–Trinajstić information content (AvgIpc) is 2.85. The highest BCUT2D eigenvalue weighted by Gasteiger charge is 2.27. The van der Waals surface area contributed by atoms with Crippen molar-refractivity contribution in [3.63, 3.8) is 0 Å². The Labute approximate surface area is 214 Å². The molecule has 9 heteroatoms. The molecule has 7 nitrogen and oxygen atoms in total. The predicted octanol–water partition coefficient (Wildman–Crippen LogP) is 4.27. The van der Waals surface area contributed by atoms with Gasteiger partial charge in [0.15, 0.2) is 0 Å². The molecule has 0 spiro atoms. The van der Waals surface area contributed by atoms with Gasteiger partial charge in [0.1, 0.15) is 11.9 Å². The van der Waals surface area contributed by atoms with Crippen molar-refractivity contribution in [2.75, 3.05) is 17.1 Å². The third-order valence-electron chi connectivity index (χ3n) is 6.22. The van der Waals surface area contributed by atoms with Gasteiger partial charge in [-0.25, -0.2) is 12.8 Å². The topological polar surface area (TPSA) is 86.8 Å². The molecule has 0 saturated carbocycles. The second-order valence-electron chi connectivity index (χ2n) is 9.10. The van der Waals surface area contributed by atoms with E-state index < -0.39 is 16.1 Å². The van der Waals surface area contributed by atoms with Crippen LogP contribution in [0.5, 0.6) is 0 Å². The average molecular weight is 520 g/mol. The molecule has 2 rings (SSSR count). The number of aryl methyl sites for hydroxylation is 1. The summed E-state index contributed by atoms with van der Waals surface area (Å²) in [6.07, 6.45) is 3.08. The van der Waals surface area contributed by atoms with Crippen LogP contribution in [0.3, 0.4) is 0 Å². The van der Waals surface area contributed by atoms with Gasteiger partial charge in [-0.2, -0.15) is 0 Å². The Kier molecular flexibility index (Phi) is 10.9. The molecule has 0 aliphatic heterocycles. The molecule has 0 saturated heterocycles. The summed E-state index contributed by atoms with van der Waals surface area (Å²) in [5.41, 5.74) is 2.34. The number of carbonyl (C=O) groups excluding carboxylic acids is 2. The predicted molar refractivity (Wildman–Crippen MR) is 142 cm³/mol. The maximum absolute atomic E-state index is 13.4. The molecule has 198 valence electrons. The van der Waals surface area contributed by atoms with Gasteiger partial charge in [-0.1, -0.05) is 38.1 Å². The molecule has 1 N–H and O–H groups in total. The molecule has 0 radical (unpaired) electrons. The Bertz CT molecular complexity index is 1100. The number of halogens is 1. The highest BCUT2D eigenvalue weighted by molar-refractivity contribution is 7.92. The second-order valence-corrected chi connectivity index (χ2v) is 11.0. The molecule has 2 aromatic carbocycles. The standard InChI is InChI=1S/C27H38FN3O4S/c1-6-20(3)29-27(33)21(4)30(19-23-10-14-24(28)15-11-23)26(32)9-8-18-31(36(5,34)35)25-16-12-22(7-2)13-17-25/h10-17,20-21H,6-9,18-19H2,1-5H3,(H,29,33)/t20-,21+/m1/s1. The molecule has 0 heterocycles. The molecule has 0 fully saturated rings. The minimum Gasteiger partial charge on any atom is -0.352 e. The molecule has 0 aromatic heterocycles. The third-order valence-corrected chi connectivity index (χ3v) is 7.41. The Hall–Kier alpha value is -2.94. The zero-order chi connectivity index (χ0) is 26.9. The van der Waals surface area contributed by atoms with E-state index in [0.717, 1.165) is 24.7 Å². The molecule has 0 aliphatic carbocycles. The number of anilines is 1. The van der Waals surface area contributed by atoms with Gasteiger partial charge in [0, 0.05) is 25.6 Å². The maximum Gasteiger partial charge on any atom is 0.242 e. The molecule has 0 aliphatic rings. The highest BCUT2D eigenvalue weighted by Crippen LogP contribution is 2.20. The van der Waals surface area contributed by atoms with Crippen molar-refractivity contribution in [2.45, 2.75) is 72.0 Å². The number of nitrogens with zero attached hydrogens (tertiary/aromatic N) is 2. The largest absolute Gasteiger partial charge is 0.352 e. The number of nitrogens with one attached hydrogen (secondary N) is 1. The molecular weight excluding hydrogens is 481 g/mol. The number of benzene rings is 2. The van der Waals surface area contributed by atoms with Gasteiger partial charge in [0.2, 0.25) is 21.8 Å². The van der Waals surface area contributed by atoms with Crippen LogP contribution in [-0.4, -0.2) is 50.0 Å². The lowest BCUT2D eigenvalue weighted by molar-refractivity contribution is -0.140. The number of hydrogen-bond acceptors (Lipinski definition) is 4. The van der Waals surface area contributed by atoms with Crippen LogP contribution in [0.1, 0.15) is 58.1 Å². The van der Waals surface area contributed by atoms with Crippen molar-refractivity contribution < 1.29 is 22.4 Å². The van der Waals surface area contributed by atoms with E-state index in [9.17, 15) is 22.4 Å². The van der Waals surface area contributed by atoms with Crippen molar-refractivity contribution in [1.82, 2.24) is 10.2 Å². The van der Waals surface area contributed by atoms with E-state index in [1.165, 1.54) is 21.3 Å². The van der Waals surface area contributed by atoms with Crippen molar-refractivity contribution in [1.29, 1.82) is 0 Å². The molecule has 36 heavy (non-hydrogen) atoms. The summed E-state index contributed by atoms with van der Waals surface area (Å²) in [6.45, 7) is 7.81. The van der Waals surface area contributed by atoms with Crippen LogP contribution in [0.25, 0.3) is 0 Å². The van der Waals surface area contributed by atoms with Crippen LogP contribution in [0.4, 0.5) is 10.1 Å². The molecule has 2 amide bonds. The lowest BCUT2D eigenvalue weighted by atomic mass is 10.1. The quantitative estimate of drug-likeness (QED) is 0.428. The summed E-state index contributed by atoms with van der Waals surface area (Å²) in [6, 6.07) is 12.3. The van der Waals surface area contributed by atoms with Crippen LogP contribution >= 0.6 is 0 Å². The molecule has 2 atom stereocenters. The van der Waals surface area contributed by atoms with E-state index >= 15 is 0 Å². The first-order chi connectivity index (χ1) is 17.0. The Morgan fingerprint density at radius 3 is 2.08 bits per heavy atom. The summed E-state index contributed by atoms with van der Waals surface area (Å²) in [4.78, 5) is 27.5. The SMILES string of the molecule is CCc1ccc(N(CCCC(=O)N(Cc2ccc(F)cc2)[C@@H](C)C(=O)N[C@H](C)CC)S(C)(=O)=O)cc1. The van der Waals surface area contributed by atoms with Gasteiger partial charge in [-0.15, -0.1) is 0 Å². The lowest BCUT2D eigenvalue weighted by Gasteiger charge is -2.30. The fourth-order valence-corrected chi connectivity index (χ4v) is 4.70. The summed E-state index contributed by atoms with van der Waals surface area (Å²) < 4.78 is 39.5. The van der Waals surface area contributed by atoms with Crippen LogP contribution in [-0.2, 0) is 32.6 Å². The van der Waals surface area contributed by atoms with E-state index in [0.29, 0.717) is 11.3 Å². The van der Waals surface area contributed by atoms with E-state index in [1.54, 1.807) is 31.2 Å². The fraction of sp³-hybridized carbons (Fsp3) is 0.481. The fourth-order valence-electron chi connectivity index (χ4n) is 3.74. The summed E-state index contributed by atoms with van der Waals surface area (Å²) in [5, 5.41) is 2.90. The second kappa shape index (κ2) is 13.4. The van der Waals surface area contributed by atoms with Gasteiger partial charge in [0.25, 0.3) is 0 Å². The molecule has 0 unspecified atom stereocenters. The Morgan fingerprint density at radius 2 is 1.56 bits per heavy atom. The van der Waals surface area contributed by atoms with E-state index in [1.807, 2.05) is 32.9 Å². The summed E-state index contributed by atoms with van der Waals surface area (Å²) in [5.74, 6) is -0.929. The first-order valence-electron chi connectivity index (χ1n) is 12.4. The summed E-state index contributed by atoms with van der Waals surface area (Å²) in [7, 11) is -3.55. The van der Waals surface area contributed by atoms with Gasteiger partial charge >= 0.3 is 0 Å². The van der Waals surface area contributed by atoms with Crippen molar-refractivity contribution in [2.24, 2.45) is 0 Å². The van der Waals surface area contributed by atoms with Gasteiger partial charge < -0.3 is 10.2 Å². The number of carbonyl (C=O) groups is 2. The number of rotatable bonds is 13. The van der Waals surface area contributed by atoms with Crippen molar-refractivity contribution in [3.05, 3.63) is 65.5 Å². The zero-order valence-electron chi connectivity index (χ0n) is 21.8. The van der Waals surface area contributed by atoms with Crippen LogP contribution in [0, 0.1) is 5.82 Å². The number of amides is 2. The van der Waals surface area contributed by atoms with E-state index in [4.69, 9.17) is 0 Å². The number of sulfonamides is 1.